The van der Waals surface area contributed by atoms with Crippen molar-refractivity contribution in [2.45, 2.75) is 11.8 Å². The van der Waals surface area contributed by atoms with Crippen molar-refractivity contribution in [2.75, 3.05) is 6.61 Å². The van der Waals surface area contributed by atoms with Crippen LogP contribution in [-0.4, -0.2) is 21.1 Å². The van der Waals surface area contributed by atoms with Crippen molar-refractivity contribution < 1.29 is 17.9 Å². The number of benzene rings is 1. The summed E-state index contributed by atoms with van der Waals surface area (Å²) in [6.07, 6.45) is -0.902. The predicted molar refractivity (Wildman–Crippen MR) is 66.9 cm³/mol. The lowest BCUT2D eigenvalue weighted by Crippen LogP contribution is -2.41. The number of sulfonamides is 1. The van der Waals surface area contributed by atoms with Crippen molar-refractivity contribution >= 4 is 39.3 Å². The van der Waals surface area contributed by atoms with Gasteiger partial charge in [-0.25, -0.2) is 18.6 Å². The molecule has 0 fully saturated rings. The first-order valence-electron chi connectivity index (χ1n) is 4.76. The van der Waals surface area contributed by atoms with Gasteiger partial charge in [0, 0.05) is 0 Å². The van der Waals surface area contributed by atoms with Gasteiger partial charge >= 0.3 is 6.09 Å². The van der Waals surface area contributed by atoms with E-state index < -0.39 is 16.1 Å². The Morgan fingerprint density at radius 2 is 2.00 bits per heavy atom. The van der Waals surface area contributed by atoms with Gasteiger partial charge in [0.1, 0.15) is 0 Å². The number of hydrogen-bond acceptors (Lipinski definition) is 4. The van der Waals surface area contributed by atoms with Crippen molar-refractivity contribution in [2.24, 2.45) is 0 Å². The van der Waals surface area contributed by atoms with Crippen LogP contribution in [0.3, 0.4) is 0 Å². The molecule has 0 heterocycles. The minimum Gasteiger partial charge on any atom is -0.449 e. The number of halogens is 2. The molecular formula is C9H10Cl2N2O4S. The van der Waals surface area contributed by atoms with Gasteiger partial charge in [-0.05, 0) is 25.1 Å². The first-order valence-corrected chi connectivity index (χ1v) is 7.00. The van der Waals surface area contributed by atoms with Crippen LogP contribution in [0.2, 0.25) is 10.0 Å². The van der Waals surface area contributed by atoms with E-state index in [2.05, 4.69) is 4.74 Å². The molecule has 0 unspecified atom stereocenters. The minimum atomic E-state index is -3.92. The normalized spacial score (nSPS) is 11.1. The third-order valence-electron chi connectivity index (χ3n) is 1.76. The Hall–Kier alpha value is -1.02. The molecule has 0 aromatic heterocycles. The fourth-order valence-corrected chi connectivity index (χ4v) is 2.20. The van der Waals surface area contributed by atoms with Gasteiger partial charge in [0.25, 0.3) is 10.0 Å². The summed E-state index contributed by atoms with van der Waals surface area (Å²) in [5, 5.41) is 0.324. The zero-order chi connectivity index (χ0) is 13.8. The summed E-state index contributed by atoms with van der Waals surface area (Å²) in [7, 11) is -3.92. The molecule has 9 heteroatoms. The second-order valence-corrected chi connectivity index (χ2v) is 5.52. The molecule has 0 aliphatic heterocycles. The van der Waals surface area contributed by atoms with Gasteiger partial charge in [0.05, 0.1) is 21.5 Å². The van der Waals surface area contributed by atoms with Gasteiger partial charge in [-0.2, -0.15) is 0 Å². The van der Waals surface area contributed by atoms with Crippen LogP contribution in [0.4, 0.5) is 4.79 Å². The molecule has 0 atom stereocenters. The number of amides is 1. The molecule has 0 spiro atoms. The molecule has 1 aromatic carbocycles. The first-order chi connectivity index (χ1) is 8.36. The highest BCUT2D eigenvalue weighted by molar-refractivity contribution is 7.89. The maximum atomic E-state index is 11.7. The van der Waals surface area contributed by atoms with E-state index in [1.807, 2.05) is 10.3 Å². The van der Waals surface area contributed by atoms with Gasteiger partial charge in [0.15, 0.2) is 0 Å². The Morgan fingerprint density at radius 1 is 1.33 bits per heavy atom. The number of carbonyl (C=O) groups is 1. The molecule has 1 aromatic rings. The number of nitrogens with one attached hydrogen (secondary N) is 2. The largest absolute Gasteiger partial charge is 0.449 e. The molecule has 0 saturated carbocycles. The van der Waals surface area contributed by atoms with E-state index in [1.165, 1.54) is 18.2 Å². The number of carbonyl (C=O) groups excluding carboxylic acids is 1. The Kier molecular flexibility index (Phi) is 5.21. The SMILES string of the molecule is CCOC(=O)NNS(=O)(=O)c1ccc(Cl)c(Cl)c1. The van der Waals surface area contributed by atoms with Crippen LogP contribution in [0, 0.1) is 0 Å². The molecule has 0 aliphatic rings. The topological polar surface area (TPSA) is 84.5 Å². The predicted octanol–water partition coefficient (Wildman–Crippen LogP) is 1.93. The average Bonchev–Trinajstić information content (AvgIpc) is 2.30. The van der Waals surface area contributed by atoms with Crippen molar-refractivity contribution in [1.29, 1.82) is 0 Å². The van der Waals surface area contributed by atoms with Gasteiger partial charge < -0.3 is 4.74 Å². The Morgan fingerprint density at radius 3 is 2.56 bits per heavy atom. The van der Waals surface area contributed by atoms with E-state index in [-0.39, 0.29) is 21.5 Å². The van der Waals surface area contributed by atoms with E-state index in [1.54, 1.807) is 6.92 Å². The van der Waals surface area contributed by atoms with Gasteiger partial charge in [-0.1, -0.05) is 23.2 Å². The van der Waals surface area contributed by atoms with E-state index >= 15 is 0 Å². The molecule has 18 heavy (non-hydrogen) atoms. The molecule has 1 rings (SSSR count). The molecule has 1 amide bonds. The Balaban J connectivity index is 2.80. The molecule has 100 valence electrons. The van der Waals surface area contributed by atoms with Crippen molar-refractivity contribution in [3.05, 3.63) is 28.2 Å². The molecule has 2 N–H and O–H groups in total. The lowest BCUT2D eigenvalue weighted by Gasteiger charge is -2.08. The number of hydrogen-bond donors (Lipinski definition) is 2. The summed E-state index contributed by atoms with van der Waals surface area (Å²) in [4.78, 5) is 12.7. The second kappa shape index (κ2) is 6.24. The fraction of sp³-hybridized carbons (Fsp3) is 0.222. The molecule has 0 radical (unpaired) electrons. The van der Waals surface area contributed by atoms with Crippen LogP contribution >= 0.6 is 23.2 Å². The summed E-state index contributed by atoms with van der Waals surface area (Å²) in [5.41, 5.74) is 1.88. The number of ether oxygens (including phenoxy) is 1. The van der Waals surface area contributed by atoms with E-state index in [0.29, 0.717) is 0 Å². The monoisotopic (exact) mass is 312 g/mol. The van der Waals surface area contributed by atoms with Crippen LogP contribution in [0.5, 0.6) is 0 Å². The van der Waals surface area contributed by atoms with E-state index in [4.69, 9.17) is 23.2 Å². The van der Waals surface area contributed by atoms with Crippen molar-refractivity contribution in [1.82, 2.24) is 10.3 Å². The van der Waals surface area contributed by atoms with Crippen LogP contribution in [-0.2, 0) is 14.8 Å². The second-order valence-electron chi connectivity index (χ2n) is 3.03. The lowest BCUT2D eigenvalue weighted by atomic mass is 10.4. The van der Waals surface area contributed by atoms with Gasteiger partial charge in [0.2, 0.25) is 0 Å². The molecular weight excluding hydrogens is 303 g/mol. The summed E-state index contributed by atoms with van der Waals surface area (Å²) in [6.45, 7) is 1.72. The molecule has 0 saturated heterocycles. The maximum Gasteiger partial charge on any atom is 0.422 e. The number of rotatable bonds is 4. The van der Waals surface area contributed by atoms with Crippen molar-refractivity contribution in [3.63, 3.8) is 0 Å². The quantitative estimate of drug-likeness (QED) is 0.832. The third kappa shape index (κ3) is 4.02. The number of hydrazine groups is 1. The molecule has 0 aliphatic carbocycles. The van der Waals surface area contributed by atoms with E-state index in [0.717, 1.165) is 0 Å². The minimum absolute atomic E-state index is 0.0932. The molecule has 6 nitrogen and oxygen atoms in total. The smallest absolute Gasteiger partial charge is 0.422 e. The van der Waals surface area contributed by atoms with Crippen LogP contribution in [0.1, 0.15) is 6.92 Å². The van der Waals surface area contributed by atoms with E-state index in [9.17, 15) is 13.2 Å². The first kappa shape index (κ1) is 15.0. The highest BCUT2D eigenvalue weighted by Gasteiger charge is 2.16. The zero-order valence-electron chi connectivity index (χ0n) is 9.24. The Bertz CT molecular complexity index is 547. The third-order valence-corrected chi connectivity index (χ3v) is 3.75. The van der Waals surface area contributed by atoms with Crippen molar-refractivity contribution in [3.8, 4) is 0 Å². The Labute approximate surface area is 114 Å². The maximum absolute atomic E-state index is 11.7. The van der Waals surface area contributed by atoms with Crippen LogP contribution in [0.25, 0.3) is 0 Å². The highest BCUT2D eigenvalue weighted by Crippen LogP contribution is 2.24. The standard InChI is InChI=1S/C9H10Cl2N2O4S/c1-2-17-9(14)12-13-18(15,16)6-3-4-7(10)8(11)5-6/h3-5,13H,2H2,1H3,(H,12,14). The summed E-state index contributed by atoms with van der Waals surface area (Å²) in [6, 6.07) is 3.76. The summed E-state index contributed by atoms with van der Waals surface area (Å²) < 4.78 is 27.9. The highest BCUT2D eigenvalue weighted by atomic mass is 35.5. The summed E-state index contributed by atoms with van der Waals surface area (Å²) >= 11 is 11.4. The van der Waals surface area contributed by atoms with Gasteiger partial charge in [-0.3, -0.25) is 0 Å². The van der Waals surface area contributed by atoms with Crippen LogP contribution in [0.15, 0.2) is 23.1 Å². The average molecular weight is 313 g/mol. The fourth-order valence-electron chi connectivity index (χ4n) is 0.979. The van der Waals surface area contributed by atoms with Gasteiger partial charge in [-0.15, -0.1) is 4.83 Å². The van der Waals surface area contributed by atoms with Crippen LogP contribution < -0.4 is 10.3 Å². The zero-order valence-corrected chi connectivity index (χ0v) is 11.6. The lowest BCUT2D eigenvalue weighted by molar-refractivity contribution is 0.150. The summed E-state index contributed by atoms with van der Waals surface area (Å²) in [5.74, 6) is 0. The molecule has 0 bridgehead atoms.